The summed E-state index contributed by atoms with van der Waals surface area (Å²) in [5, 5.41) is 0. The van der Waals surface area contributed by atoms with Crippen molar-refractivity contribution in [2.75, 3.05) is 20.1 Å². The van der Waals surface area contributed by atoms with Crippen molar-refractivity contribution in [2.45, 2.75) is 23.5 Å². The van der Waals surface area contributed by atoms with E-state index in [1.165, 1.54) is 15.6 Å². The van der Waals surface area contributed by atoms with Gasteiger partial charge in [0.1, 0.15) is 4.21 Å². The van der Waals surface area contributed by atoms with Gasteiger partial charge in [-0.3, -0.25) is 0 Å². The van der Waals surface area contributed by atoms with E-state index in [0.717, 1.165) is 24.1 Å². The number of nitrogens with two attached hydrogens (primary N) is 1. The van der Waals surface area contributed by atoms with Gasteiger partial charge in [-0.1, -0.05) is 0 Å². The molecule has 1 heterocycles. The first-order valence-electron chi connectivity index (χ1n) is 5.79. The minimum Gasteiger partial charge on any atom is -0.330 e. The van der Waals surface area contributed by atoms with Crippen LogP contribution in [0.2, 0.25) is 0 Å². The van der Waals surface area contributed by atoms with Crippen LogP contribution in [0.15, 0.2) is 16.3 Å². The van der Waals surface area contributed by atoms with Crippen molar-refractivity contribution in [3.63, 3.8) is 0 Å². The number of hydrogen-bond acceptors (Lipinski definition) is 4. The molecule has 0 unspecified atom stereocenters. The summed E-state index contributed by atoms with van der Waals surface area (Å²) in [5.74, 6) is 0.568. The summed E-state index contributed by atoms with van der Waals surface area (Å²) in [6.07, 6.45) is 3.05. The summed E-state index contributed by atoms with van der Waals surface area (Å²) in [6, 6.07) is 3.55. The maximum Gasteiger partial charge on any atom is 0.252 e. The van der Waals surface area contributed by atoms with Gasteiger partial charge < -0.3 is 5.73 Å². The van der Waals surface area contributed by atoms with E-state index in [-0.39, 0.29) is 0 Å². The molecule has 1 aliphatic rings. The van der Waals surface area contributed by atoms with Gasteiger partial charge in [0.05, 0.1) is 0 Å². The summed E-state index contributed by atoms with van der Waals surface area (Å²) >= 11 is 1.33. The number of rotatable bonds is 6. The molecule has 0 atom stereocenters. The van der Waals surface area contributed by atoms with Gasteiger partial charge in [-0.15, -0.1) is 11.3 Å². The molecule has 1 aromatic heterocycles. The van der Waals surface area contributed by atoms with Crippen LogP contribution in [0.1, 0.15) is 17.7 Å². The summed E-state index contributed by atoms with van der Waals surface area (Å²) in [7, 11) is -1.62. The van der Waals surface area contributed by atoms with Crippen LogP contribution in [-0.2, 0) is 16.4 Å². The van der Waals surface area contributed by atoms with E-state index in [0.29, 0.717) is 23.2 Å². The first-order chi connectivity index (χ1) is 8.04. The van der Waals surface area contributed by atoms with E-state index in [2.05, 4.69) is 0 Å². The molecule has 2 N–H and O–H groups in total. The summed E-state index contributed by atoms with van der Waals surface area (Å²) in [6.45, 7) is 1.20. The second-order valence-corrected chi connectivity index (χ2v) is 7.93. The molecule has 0 amide bonds. The molecule has 1 aliphatic carbocycles. The van der Waals surface area contributed by atoms with E-state index >= 15 is 0 Å². The molecule has 0 aromatic carbocycles. The third-order valence-corrected chi connectivity index (χ3v) is 6.34. The van der Waals surface area contributed by atoms with Gasteiger partial charge in [-0.05, 0) is 43.9 Å². The zero-order valence-electron chi connectivity index (χ0n) is 9.93. The molecule has 1 saturated carbocycles. The average molecular weight is 274 g/mol. The largest absolute Gasteiger partial charge is 0.330 e. The average Bonchev–Trinajstić information content (AvgIpc) is 2.95. The summed E-state index contributed by atoms with van der Waals surface area (Å²) in [4.78, 5) is 1.03. The molecule has 4 nitrogen and oxygen atoms in total. The predicted molar refractivity (Wildman–Crippen MR) is 69.6 cm³/mol. The van der Waals surface area contributed by atoms with E-state index in [1.54, 1.807) is 13.1 Å². The maximum absolute atomic E-state index is 12.2. The quantitative estimate of drug-likeness (QED) is 0.850. The van der Waals surface area contributed by atoms with Gasteiger partial charge in [0, 0.05) is 18.5 Å². The van der Waals surface area contributed by atoms with Crippen molar-refractivity contribution in [3.8, 4) is 0 Å². The van der Waals surface area contributed by atoms with Crippen molar-refractivity contribution in [3.05, 3.63) is 17.0 Å². The third-order valence-electron chi connectivity index (χ3n) is 2.90. The minimum atomic E-state index is -3.28. The topological polar surface area (TPSA) is 63.4 Å². The Balaban J connectivity index is 2.11. The van der Waals surface area contributed by atoms with Crippen molar-refractivity contribution in [2.24, 2.45) is 11.7 Å². The Kier molecular flexibility index (Phi) is 3.87. The van der Waals surface area contributed by atoms with Gasteiger partial charge in [0.15, 0.2) is 0 Å². The SMILES string of the molecule is CN(CC1CC1)S(=O)(=O)c1ccc(CCN)s1. The van der Waals surface area contributed by atoms with Crippen molar-refractivity contribution in [1.29, 1.82) is 0 Å². The molecule has 0 spiro atoms. The lowest BCUT2D eigenvalue weighted by Gasteiger charge is -2.15. The second-order valence-electron chi connectivity index (χ2n) is 4.49. The van der Waals surface area contributed by atoms with E-state index in [9.17, 15) is 8.42 Å². The van der Waals surface area contributed by atoms with Gasteiger partial charge in [0.25, 0.3) is 10.0 Å². The fraction of sp³-hybridized carbons (Fsp3) is 0.636. The van der Waals surface area contributed by atoms with Crippen LogP contribution in [0.3, 0.4) is 0 Å². The Morgan fingerprint density at radius 1 is 1.47 bits per heavy atom. The zero-order chi connectivity index (χ0) is 12.5. The molecule has 1 aromatic rings. The molecule has 96 valence electrons. The van der Waals surface area contributed by atoms with Crippen LogP contribution in [0, 0.1) is 5.92 Å². The molecule has 2 rings (SSSR count). The highest BCUT2D eigenvalue weighted by Crippen LogP contribution is 2.32. The van der Waals surface area contributed by atoms with Crippen LogP contribution in [-0.4, -0.2) is 32.9 Å². The lowest BCUT2D eigenvalue weighted by molar-refractivity contribution is 0.454. The molecular formula is C11H18N2O2S2. The highest BCUT2D eigenvalue weighted by molar-refractivity contribution is 7.91. The van der Waals surface area contributed by atoms with Crippen LogP contribution < -0.4 is 5.73 Å². The van der Waals surface area contributed by atoms with E-state index in [4.69, 9.17) is 5.73 Å². The monoisotopic (exact) mass is 274 g/mol. The smallest absolute Gasteiger partial charge is 0.252 e. The first-order valence-corrected chi connectivity index (χ1v) is 8.05. The second kappa shape index (κ2) is 5.06. The Morgan fingerprint density at radius 3 is 2.76 bits per heavy atom. The van der Waals surface area contributed by atoms with Crippen LogP contribution >= 0.6 is 11.3 Å². The van der Waals surface area contributed by atoms with E-state index < -0.39 is 10.0 Å². The van der Waals surface area contributed by atoms with Gasteiger partial charge in [-0.25, -0.2) is 8.42 Å². The minimum absolute atomic E-state index is 0.434. The normalized spacial score (nSPS) is 16.6. The van der Waals surface area contributed by atoms with Gasteiger partial charge >= 0.3 is 0 Å². The van der Waals surface area contributed by atoms with Gasteiger partial charge in [0.2, 0.25) is 0 Å². The highest BCUT2D eigenvalue weighted by Gasteiger charge is 2.29. The summed E-state index contributed by atoms with van der Waals surface area (Å²) < 4.78 is 26.3. The molecule has 0 aliphatic heterocycles. The van der Waals surface area contributed by atoms with Gasteiger partial charge in [-0.2, -0.15) is 4.31 Å². The lowest BCUT2D eigenvalue weighted by Crippen LogP contribution is -2.28. The molecule has 1 fully saturated rings. The highest BCUT2D eigenvalue weighted by atomic mass is 32.2. The number of nitrogens with zero attached hydrogens (tertiary/aromatic N) is 1. The lowest BCUT2D eigenvalue weighted by atomic mass is 10.3. The first kappa shape index (κ1) is 13.0. The molecule has 17 heavy (non-hydrogen) atoms. The number of thiophene rings is 1. The Labute approximate surface area is 106 Å². The Hall–Kier alpha value is -0.430. The number of sulfonamides is 1. The fourth-order valence-electron chi connectivity index (χ4n) is 1.69. The Bertz CT molecular complexity index is 477. The Morgan fingerprint density at radius 2 is 2.18 bits per heavy atom. The van der Waals surface area contributed by atoms with Crippen LogP contribution in [0.4, 0.5) is 0 Å². The molecule has 0 saturated heterocycles. The fourth-order valence-corrected chi connectivity index (χ4v) is 4.52. The number of hydrogen-bond donors (Lipinski definition) is 1. The van der Waals surface area contributed by atoms with Crippen LogP contribution in [0.5, 0.6) is 0 Å². The molecular weight excluding hydrogens is 256 g/mol. The molecule has 0 bridgehead atoms. The van der Waals surface area contributed by atoms with Crippen molar-refractivity contribution in [1.82, 2.24) is 4.31 Å². The third kappa shape index (κ3) is 3.07. The summed E-state index contributed by atoms with van der Waals surface area (Å²) in [5.41, 5.74) is 5.46. The molecule has 6 heteroatoms. The van der Waals surface area contributed by atoms with Crippen molar-refractivity contribution >= 4 is 21.4 Å². The standard InChI is InChI=1S/C11H18N2O2S2/c1-13(8-9-2-3-9)17(14,15)11-5-4-10(16-11)6-7-12/h4-5,9H,2-3,6-8,12H2,1H3. The molecule has 0 radical (unpaired) electrons. The predicted octanol–water partition coefficient (Wildman–Crippen LogP) is 1.28. The van der Waals surface area contributed by atoms with Crippen LogP contribution in [0.25, 0.3) is 0 Å². The van der Waals surface area contributed by atoms with E-state index in [1.807, 2.05) is 6.07 Å². The zero-order valence-corrected chi connectivity index (χ0v) is 11.6. The maximum atomic E-state index is 12.2. The van der Waals surface area contributed by atoms with Crippen molar-refractivity contribution < 1.29 is 8.42 Å².